The molecule has 0 saturated carbocycles. The largest absolute Gasteiger partial charge is 0.454 e. The number of nitrogens with one attached hydrogen (secondary N) is 2. The van der Waals surface area contributed by atoms with E-state index in [1.54, 1.807) is 6.20 Å². The van der Waals surface area contributed by atoms with Gasteiger partial charge in [0, 0.05) is 12.2 Å². The summed E-state index contributed by atoms with van der Waals surface area (Å²) in [4.78, 5) is 20.9. The molecule has 1 aliphatic rings. The van der Waals surface area contributed by atoms with Gasteiger partial charge < -0.3 is 20.1 Å². The molecular weight excluding hydrogens is 356 g/mol. The molecular formula is C21H20N4O3. The van der Waals surface area contributed by atoms with Crippen LogP contribution in [0.1, 0.15) is 27.2 Å². The van der Waals surface area contributed by atoms with Crippen molar-refractivity contribution in [2.75, 3.05) is 12.1 Å². The highest BCUT2D eigenvalue weighted by Gasteiger charge is 2.14. The van der Waals surface area contributed by atoms with Crippen molar-refractivity contribution in [3.8, 4) is 11.5 Å². The number of aryl methyl sites for hydroxylation is 2. The fourth-order valence-electron chi connectivity index (χ4n) is 2.97. The van der Waals surface area contributed by atoms with Gasteiger partial charge in [-0.25, -0.2) is 9.97 Å². The molecule has 0 radical (unpaired) electrons. The fraction of sp³-hybridized carbons (Fsp3) is 0.190. The first-order valence-corrected chi connectivity index (χ1v) is 8.92. The summed E-state index contributed by atoms with van der Waals surface area (Å²) < 4.78 is 10.6. The standard InChI is InChI=1S/C21H20N4O3/c1-13-4-3-5-14(2)20(13)25-19-11-22-16(10-23-19)21(26)24-9-15-6-7-17-18(8-15)28-12-27-17/h3-8,10-11H,9,12H2,1-2H3,(H,23,25)(H,24,26). The zero-order chi connectivity index (χ0) is 19.5. The number of anilines is 2. The van der Waals surface area contributed by atoms with Crippen molar-refractivity contribution >= 4 is 17.4 Å². The molecule has 1 aromatic heterocycles. The van der Waals surface area contributed by atoms with Gasteiger partial charge in [-0.05, 0) is 42.7 Å². The zero-order valence-electron chi connectivity index (χ0n) is 15.7. The van der Waals surface area contributed by atoms with Crippen LogP contribution < -0.4 is 20.1 Å². The summed E-state index contributed by atoms with van der Waals surface area (Å²) in [5.41, 5.74) is 4.41. The summed E-state index contributed by atoms with van der Waals surface area (Å²) in [5, 5.41) is 6.09. The third-order valence-electron chi connectivity index (χ3n) is 4.51. The van der Waals surface area contributed by atoms with Crippen LogP contribution in [-0.2, 0) is 6.54 Å². The van der Waals surface area contributed by atoms with Gasteiger partial charge in [-0.1, -0.05) is 24.3 Å². The normalized spacial score (nSPS) is 11.9. The number of fused-ring (bicyclic) bond motifs is 1. The molecule has 0 unspecified atom stereocenters. The monoisotopic (exact) mass is 376 g/mol. The Morgan fingerprint density at radius 3 is 2.57 bits per heavy atom. The molecule has 0 atom stereocenters. The SMILES string of the molecule is Cc1cccc(C)c1Nc1cnc(C(=O)NCc2ccc3c(c2)OCO3)cn1. The van der Waals surface area contributed by atoms with Gasteiger partial charge in [0.2, 0.25) is 6.79 Å². The van der Waals surface area contributed by atoms with Crippen molar-refractivity contribution in [2.45, 2.75) is 20.4 Å². The van der Waals surface area contributed by atoms with E-state index in [1.807, 2.05) is 50.2 Å². The Hall–Kier alpha value is -3.61. The van der Waals surface area contributed by atoms with Gasteiger partial charge in [0.05, 0.1) is 12.4 Å². The van der Waals surface area contributed by atoms with Crippen molar-refractivity contribution in [2.24, 2.45) is 0 Å². The molecule has 7 heteroatoms. The number of amides is 1. The Labute approximate surface area is 162 Å². The van der Waals surface area contributed by atoms with Crippen LogP contribution in [0.5, 0.6) is 11.5 Å². The molecule has 2 aromatic carbocycles. The molecule has 142 valence electrons. The van der Waals surface area contributed by atoms with Crippen LogP contribution in [0.15, 0.2) is 48.8 Å². The van der Waals surface area contributed by atoms with Crippen LogP contribution in [-0.4, -0.2) is 22.7 Å². The third-order valence-corrected chi connectivity index (χ3v) is 4.51. The Morgan fingerprint density at radius 2 is 1.82 bits per heavy atom. The summed E-state index contributed by atoms with van der Waals surface area (Å²) >= 11 is 0. The van der Waals surface area contributed by atoms with Crippen LogP contribution in [0.2, 0.25) is 0 Å². The first kappa shape index (κ1) is 17.8. The maximum absolute atomic E-state index is 12.3. The molecule has 1 amide bonds. The minimum atomic E-state index is -0.288. The lowest BCUT2D eigenvalue weighted by Crippen LogP contribution is -2.24. The number of carbonyl (C=O) groups excluding carboxylic acids is 1. The lowest BCUT2D eigenvalue weighted by atomic mass is 10.1. The maximum atomic E-state index is 12.3. The van der Waals surface area contributed by atoms with Gasteiger partial charge in [-0.2, -0.15) is 0 Å². The fourth-order valence-corrected chi connectivity index (χ4v) is 2.97. The van der Waals surface area contributed by atoms with E-state index < -0.39 is 0 Å². The highest BCUT2D eigenvalue weighted by molar-refractivity contribution is 5.92. The average molecular weight is 376 g/mol. The molecule has 0 spiro atoms. The number of para-hydroxylation sites is 1. The van der Waals surface area contributed by atoms with Crippen molar-refractivity contribution in [3.05, 3.63) is 71.2 Å². The van der Waals surface area contributed by atoms with Crippen LogP contribution in [0.4, 0.5) is 11.5 Å². The first-order valence-electron chi connectivity index (χ1n) is 8.92. The Balaban J connectivity index is 1.39. The predicted molar refractivity (Wildman–Crippen MR) is 105 cm³/mol. The summed E-state index contributed by atoms with van der Waals surface area (Å²) in [6, 6.07) is 11.6. The second kappa shape index (κ2) is 7.56. The summed E-state index contributed by atoms with van der Waals surface area (Å²) in [6.07, 6.45) is 3.02. The van der Waals surface area contributed by atoms with Crippen molar-refractivity contribution in [3.63, 3.8) is 0 Å². The van der Waals surface area contributed by atoms with Crippen LogP contribution >= 0.6 is 0 Å². The number of carbonyl (C=O) groups is 1. The van der Waals surface area contributed by atoms with E-state index in [0.717, 1.165) is 22.4 Å². The molecule has 28 heavy (non-hydrogen) atoms. The second-order valence-corrected chi connectivity index (χ2v) is 6.55. The predicted octanol–water partition coefficient (Wildman–Crippen LogP) is 3.50. The number of aromatic nitrogens is 2. The van der Waals surface area contributed by atoms with Crippen molar-refractivity contribution in [1.29, 1.82) is 0 Å². The van der Waals surface area contributed by atoms with Gasteiger partial charge in [0.1, 0.15) is 11.5 Å². The number of nitrogens with zero attached hydrogens (tertiary/aromatic N) is 2. The van der Waals surface area contributed by atoms with Gasteiger partial charge in [-0.3, -0.25) is 4.79 Å². The Morgan fingerprint density at radius 1 is 1.04 bits per heavy atom. The van der Waals surface area contributed by atoms with E-state index in [9.17, 15) is 4.79 Å². The maximum Gasteiger partial charge on any atom is 0.271 e. The highest BCUT2D eigenvalue weighted by atomic mass is 16.7. The van der Waals surface area contributed by atoms with E-state index in [-0.39, 0.29) is 18.4 Å². The molecule has 0 bridgehead atoms. The number of hydrogen-bond donors (Lipinski definition) is 2. The average Bonchev–Trinajstić information content (AvgIpc) is 3.17. The molecule has 0 aliphatic carbocycles. The van der Waals surface area contributed by atoms with Gasteiger partial charge >= 0.3 is 0 Å². The molecule has 0 saturated heterocycles. The summed E-state index contributed by atoms with van der Waals surface area (Å²) in [6.45, 7) is 4.64. The smallest absolute Gasteiger partial charge is 0.271 e. The lowest BCUT2D eigenvalue weighted by Gasteiger charge is -2.12. The number of hydrogen-bond acceptors (Lipinski definition) is 6. The third kappa shape index (κ3) is 3.73. The van der Waals surface area contributed by atoms with Gasteiger partial charge in [-0.15, -0.1) is 0 Å². The summed E-state index contributed by atoms with van der Waals surface area (Å²) in [7, 11) is 0. The highest BCUT2D eigenvalue weighted by Crippen LogP contribution is 2.32. The minimum absolute atomic E-state index is 0.225. The number of benzene rings is 2. The molecule has 0 fully saturated rings. The first-order chi connectivity index (χ1) is 13.6. The molecule has 7 nitrogen and oxygen atoms in total. The van der Waals surface area contributed by atoms with Crippen LogP contribution in [0.3, 0.4) is 0 Å². The van der Waals surface area contributed by atoms with E-state index in [1.165, 1.54) is 6.20 Å². The Bertz CT molecular complexity index is 998. The topological polar surface area (TPSA) is 85.4 Å². The van der Waals surface area contributed by atoms with E-state index in [4.69, 9.17) is 9.47 Å². The van der Waals surface area contributed by atoms with Crippen molar-refractivity contribution < 1.29 is 14.3 Å². The zero-order valence-corrected chi connectivity index (χ0v) is 15.7. The second-order valence-electron chi connectivity index (χ2n) is 6.55. The van der Waals surface area contributed by atoms with E-state index in [2.05, 4.69) is 20.6 Å². The van der Waals surface area contributed by atoms with Gasteiger partial charge in [0.25, 0.3) is 5.91 Å². The van der Waals surface area contributed by atoms with E-state index >= 15 is 0 Å². The molecule has 4 rings (SSSR count). The minimum Gasteiger partial charge on any atom is -0.454 e. The van der Waals surface area contributed by atoms with Crippen molar-refractivity contribution in [1.82, 2.24) is 15.3 Å². The van der Waals surface area contributed by atoms with Crippen LogP contribution in [0, 0.1) is 13.8 Å². The van der Waals surface area contributed by atoms with E-state index in [0.29, 0.717) is 23.9 Å². The molecule has 3 aromatic rings. The lowest BCUT2D eigenvalue weighted by molar-refractivity contribution is 0.0945. The molecule has 1 aliphatic heterocycles. The molecule has 2 N–H and O–H groups in total. The Kier molecular flexibility index (Phi) is 4.80. The number of rotatable bonds is 5. The quantitative estimate of drug-likeness (QED) is 0.709. The summed E-state index contributed by atoms with van der Waals surface area (Å²) in [5.74, 6) is 1.70. The number of ether oxygens (including phenoxy) is 2. The van der Waals surface area contributed by atoms with Crippen LogP contribution in [0.25, 0.3) is 0 Å². The van der Waals surface area contributed by atoms with Gasteiger partial charge in [0.15, 0.2) is 11.5 Å². The molecule has 2 heterocycles.